The molecule has 1 aliphatic heterocycles. The van der Waals surface area contributed by atoms with Gasteiger partial charge in [-0.05, 0) is 54.4 Å². The molecule has 2 atom stereocenters. The van der Waals surface area contributed by atoms with Gasteiger partial charge in [0.25, 0.3) is 0 Å². The standard InChI is InChI=1S/C32H24F2N4O4S/c33-25-12-19(16-35)4-5-23(25)18-42-31-3-1-2-27(37-31)21-7-6-20(26(34)13-21)15-30-36-28-9-8-22(32(39)40)14-29(28)38(30)17-24-10-11-43(24)41/h1-9,12-14,24H,10-11,15,17-18H2,(H,39,40). The number of rotatable bonds is 9. The molecule has 1 aliphatic rings. The van der Waals surface area contributed by atoms with Crippen LogP contribution in [-0.4, -0.2) is 40.8 Å². The topological polar surface area (TPSA) is 118 Å². The third-order valence-electron chi connectivity index (χ3n) is 7.45. The molecular weight excluding hydrogens is 574 g/mol. The van der Waals surface area contributed by atoms with E-state index in [1.165, 1.54) is 24.3 Å². The zero-order valence-electron chi connectivity index (χ0n) is 22.7. The average molecular weight is 599 g/mol. The van der Waals surface area contributed by atoms with Crippen LogP contribution in [-0.2, 0) is 30.4 Å². The van der Waals surface area contributed by atoms with Crippen molar-refractivity contribution in [1.82, 2.24) is 14.5 Å². The third-order valence-corrected chi connectivity index (χ3v) is 9.22. The summed E-state index contributed by atoms with van der Waals surface area (Å²) in [5, 5.41) is 18.3. The highest BCUT2D eigenvalue weighted by Crippen LogP contribution is 2.28. The minimum Gasteiger partial charge on any atom is -0.478 e. The monoisotopic (exact) mass is 598 g/mol. The minimum atomic E-state index is -1.06. The second-order valence-corrected chi connectivity index (χ2v) is 12.0. The van der Waals surface area contributed by atoms with E-state index >= 15 is 4.39 Å². The van der Waals surface area contributed by atoms with Crippen LogP contribution in [0.15, 0.2) is 72.8 Å². The number of nitrogens with zero attached hydrogens (tertiary/aromatic N) is 4. The van der Waals surface area contributed by atoms with E-state index in [0.717, 1.165) is 12.5 Å². The predicted molar refractivity (Wildman–Crippen MR) is 156 cm³/mol. The largest absolute Gasteiger partial charge is 0.478 e. The molecule has 2 unspecified atom stereocenters. The first-order valence-electron chi connectivity index (χ1n) is 13.5. The van der Waals surface area contributed by atoms with E-state index in [-0.39, 0.29) is 40.8 Å². The Balaban J connectivity index is 1.24. The highest BCUT2D eigenvalue weighted by molar-refractivity contribution is 7.87. The second-order valence-electron chi connectivity index (χ2n) is 10.2. The molecule has 3 aromatic carbocycles. The lowest BCUT2D eigenvalue weighted by Gasteiger charge is -2.26. The van der Waals surface area contributed by atoms with Crippen LogP contribution in [0.5, 0.6) is 5.88 Å². The predicted octanol–water partition coefficient (Wildman–Crippen LogP) is 5.64. The quantitative estimate of drug-likeness (QED) is 0.233. The Kier molecular flexibility index (Phi) is 7.69. The van der Waals surface area contributed by atoms with E-state index in [1.54, 1.807) is 42.5 Å². The van der Waals surface area contributed by atoms with Gasteiger partial charge in [-0.2, -0.15) is 5.26 Å². The van der Waals surface area contributed by atoms with Crippen molar-refractivity contribution in [3.63, 3.8) is 0 Å². The molecule has 5 aromatic rings. The fourth-order valence-corrected chi connectivity index (χ4v) is 6.04. The maximum atomic E-state index is 15.5. The molecule has 0 radical (unpaired) electrons. The number of hydrogen-bond acceptors (Lipinski definition) is 6. The molecule has 8 nitrogen and oxygen atoms in total. The number of hydrogen-bond donors (Lipinski definition) is 1. The summed E-state index contributed by atoms with van der Waals surface area (Å²) in [4.78, 5) is 20.7. The lowest BCUT2D eigenvalue weighted by molar-refractivity contribution is 0.0697. The Bertz CT molecular complexity index is 1950. The van der Waals surface area contributed by atoms with Crippen LogP contribution in [0.4, 0.5) is 8.78 Å². The van der Waals surface area contributed by atoms with Crippen molar-refractivity contribution in [2.24, 2.45) is 0 Å². The molecule has 0 spiro atoms. The number of carboxylic acids is 1. The maximum absolute atomic E-state index is 15.5. The van der Waals surface area contributed by atoms with E-state index in [4.69, 9.17) is 10.00 Å². The molecule has 1 N–H and O–H groups in total. The maximum Gasteiger partial charge on any atom is 0.335 e. The van der Waals surface area contributed by atoms with Crippen molar-refractivity contribution in [2.45, 2.75) is 31.2 Å². The molecule has 0 aliphatic carbocycles. The van der Waals surface area contributed by atoms with Gasteiger partial charge < -0.3 is 14.4 Å². The Labute approximate surface area is 247 Å². The highest BCUT2D eigenvalue weighted by Gasteiger charge is 2.29. The molecule has 0 amide bonds. The number of pyridine rings is 1. The summed E-state index contributed by atoms with van der Waals surface area (Å²) in [6.07, 6.45) is 0.945. The summed E-state index contributed by atoms with van der Waals surface area (Å²) in [6, 6.07) is 20.5. The fraction of sp³-hybridized carbons (Fsp3) is 0.188. The smallest absolute Gasteiger partial charge is 0.335 e. The summed E-state index contributed by atoms with van der Waals surface area (Å²) >= 11 is 0. The summed E-state index contributed by atoms with van der Waals surface area (Å²) in [6.45, 7) is 0.314. The normalized spacial score (nSPS) is 16.0. The summed E-state index contributed by atoms with van der Waals surface area (Å²) < 4.78 is 49.4. The molecule has 3 heterocycles. The van der Waals surface area contributed by atoms with Crippen molar-refractivity contribution >= 4 is 27.8 Å². The number of imidazole rings is 1. The number of carboxylic acid groups (broad SMARTS) is 1. The molecule has 0 saturated carbocycles. The van der Waals surface area contributed by atoms with E-state index in [1.807, 2.05) is 10.6 Å². The van der Waals surface area contributed by atoms with E-state index in [0.29, 0.717) is 46.0 Å². The fourth-order valence-electron chi connectivity index (χ4n) is 4.97. The van der Waals surface area contributed by atoms with Crippen LogP contribution in [0.25, 0.3) is 22.3 Å². The summed E-state index contributed by atoms with van der Waals surface area (Å²) in [5.74, 6) is -0.665. The number of aromatic carboxylic acids is 1. The first kappa shape index (κ1) is 28.2. The molecule has 11 heteroatoms. The number of fused-ring (bicyclic) bond motifs is 1. The van der Waals surface area contributed by atoms with Crippen molar-refractivity contribution in [1.29, 1.82) is 5.26 Å². The van der Waals surface area contributed by atoms with Crippen molar-refractivity contribution < 1.29 is 27.6 Å². The number of benzene rings is 3. The van der Waals surface area contributed by atoms with E-state index in [9.17, 15) is 18.5 Å². The Morgan fingerprint density at radius 1 is 1.05 bits per heavy atom. The van der Waals surface area contributed by atoms with Crippen LogP contribution < -0.4 is 4.74 Å². The zero-order chi connectivity index (χ0) is 30.1. The van der Waals surface area contributed by atoms with Gasteiger partial charge in [0, 0.05) is 46.7 Å². The number of carbonyl (C=O) groups is 1. The molecular formula is C32H24F2N4O4S. The average Bonchev–Trinajstić information content (AvgIpc) is 3.35. The summed E-state index contributed by atoms with van der Waals surface area (Å²) in [7, 11) is -0.959. The minimum absolute atomic E-state index is 0.0640. The summed E-state index contributed by atoms with van der Waals surface area (Å²) in [5.41, 5.74) is 3.16. The van der Waals surface area contributed by atoms with Crippen LogP contribution in [0.3, 0.4) is 0 Å². The van der Waals surface area contributed by atoms with Crippen LogP contribution in [0, 0.1) is 23.0 Å². The Morgan fingerprint density at radius 3 is 2.56 bits per heavy atom. The number of nitriles is 1. The molecule has 6 rings (SSSR count). The van der Waals surface area contributed by atoms with E-state index in [2.05, 4.69) is 9.97 Å². The zero-order valence-corrected chi connectivity index (χ0v) is 23.5. The Morgan fingerprint density at radius 2 is 1.86 bits per heavy atom. The molecule has 1 saturated heterocycles. The van der Waals surface area contributed by atoms with Gasteiger partial charge in [0.15, 0.2) is 0 Å². The van der Waals surface area contributed by atoms with E-state index < -0.39 is 28.4 Å². The van der Waals surface area contributed by atoms with Gasteiger partial charge in [-0.3, -0.25) is 4.21 Å². The first-order valence-corrected chi connectivity index (χ1v) is 14.8. The molecule has 2 aromatic heterocycles. The third kappa shape index (κ3) is 5.87. The van der Waals surface area contributed by atoms with Gasteiger partial charge in [0.05, 0.1) is 39.2 Å². The van der Waals surface area contributed by atoms with Gasteiger partial charge in [-0.1, -0.05) is 24.3 Å². The van der Waals surface area contributed by atoms with Gasteiger partial charge >= 0.3 is 5.97 Å². The number of ether oxygens (including phenoxy) is 1. The lowest BCUT2D eigenvalue weighted by atomic mass is 10.1. The van der Waals surface area contributed by atoms with Crippen LogP contribution in [0.2, 0.25) is 0 Å². The lowest BCUT2D eigenvalue weighted by Crippen LogP contribution is -2.35. The Hall–Kier alpha value is -4.95. The van der Waals surface area contributed by atoms with Crippen LogP contribution >= 0.6 is 0 Å². The van der Waals surface area contributed by atoms with Gasteiger partial charge in [0.1, 0.15) is 24.1 Å². The van der Waals surface area contributed by atoms with Crippen LogP contribution in [0.1, 0.15) is 39.3 Å². The second kappa shape index (κ2) is 11.7. The number of halogens is 2. The van der Waals surface area contributed by atoms with Gasteiger partial charge in [-0.25, -0.2) is 23.5 Å². The van der Waals surface area contributed by atoms with Gasteiger partial charge in [0.2, 0.25) is 5.88 Å². The molecule has 216 valence electrons. The first-order chi connectivity index (χ1) is 20.8. The number of aromatic nitrogens is 3. The SMILES string of the molecule is N#Cc1ccc(COc2cccc(-c3ccc(Cc4nc5ccc(C(=O)O)cc5n4CC4CCS4=O)c(F)c3)n2)c(F)c1. The van der Waals surface area contributed by atoms with Gasteiger partial charge in [-0.15, -0.1) is 0 Å². The van der Waals surface area contributed by atoms with Crippen molar-refractivity contribution in [2.75, 3.05) is 5.75 Å². The molecule has 43 heavy (non-hydrogen) atoms. The van der Waals surface area contributed by atoms with Crippen molar-refractivity contribution in [3.05, 3.63) is 113 Å². The van der Waals surface area contributed by atoms with Crippen molar-refractivity contribution in [3.8, 4) is 23.2 Å². The molecule has 1 fully saturated rings. The highest BCUT2D eigenvalue weighted by atomic mass is 32.2. The molecule has 0 bridgehead atoms.